The number of alkyl halides is 3. The number of rotatable bonds is 1. The number of amides is 2. The number of carbonyl (C=O) groups excluding carboxylic acids is 1. The van der Waals surface area contributed by atoms with Gasteiger partial charge in [0.2, 0.25) is 0 Å². The van der Waals surface area contributed by atoms with Crippen molar-refractivity contribution < 1.29 is 18.0 Å². The average Bonchev–Trinajstić information content (AvgIpc) is 2.14. The molecule has 0 aromatic carbocycles. The summed E-state index contributed by atoms with van der Waals surface area (Å²) in [5.74, 6) is 0. The molecule has 1 fully saturated rings. The molecule has 0 aromatic rings. The molecule has 0 bridgehead atoms. The van der Waals surface area contributed by atoms with E-state index in [1.54, 1.807) is 6.92 Å². The van der Waals surface area contributed by atoms with Crippen molar-refractivity contribution in [1.29, 1.82) is 0 Å². The Labute approximate surface area is 85.8 Å². The molecule has 0 unspecified atom stereocenters. The zero-order chi connectivity index (χ0) is 11.5. The van der Waals surface area contributed by atoms with Gasteiger partial charge in [0.1, 0.15) is 6.54 Å². The zero-order valence-corrected chi connectivity index (χ0v) is 8.40. The summed E-state index contributed by atoms with van der Waals surface area (Å²) in [4.78, 5) is 12.7. The summed E-state index contributed by atoms with van der Waals surface area (Å²) in [6.45, 7) is 2.18. The third-order valence-corrected chi connectivity index (χ3v) is 2.20. The predicted octanol–water partition coefficient (Wildman–Crippen LogP) is 0.552. The van der Waals surface area contributed by atoms with E-state index in [1.807, 2.05) is 5.32 Å². The molecule has 4 nitrogen and oxygen atoms in total. The van der Waals surface area contributed by atoms with E-state index in [0.717, 1.165) is 0 Å². The van der Waals surface area contributed by atoms with Crippen LogP contribution in [0.1, 0.15) is 6.92 Å². The highest BCUT2D eigenvalue weighted by atomic mass is 19.4. The SMILES string of the molecule is C[C@@H]1CNCCN1C(=O)NCC(F)(F)F. The van der Waals surface area contributed by atoms with E-state index in [2.05, 4.69) is 5.32 Å². The molecule has 1 saturated heterocycles. The molecular weight excluding hydrogens is 211 g/mol. The first-order chi connectivity index (χ1) is 6.90. The fraction of sp³-hybridized carbons (Fsp3) is 0.875. The fourth-order valence-electron chi connectivity index (χ4n) is 1.42. The summed E-state index contributed by atoms with van der Waals surface area (Å²) in [5, 5.41) is 4.90. The van der Waals surface area contributed by atoms with Gasteiger partial charge in [-0.1, -0.05) is 0 Å². The molecule has 15 heavy (non-hydrogen) atoms. The Bertz CT molecular complexity index is 232. The van der Waals surface area contributed by atoms with Crippen molar-refractivity contribution in [3.63, 3.8) is 0 Å². The van der Waals surface area contributed by atoms with Crippen molar-refractivity contribution in [3.05, 3.63) is 0 Å². The van der Waals surface area contributed by atoms with Gasteiger partial charge in [-0.15, -0.1) is 0 Å². The van der Waals surface area contributed by atoms with Gasteiger partial charge in [-0.3, -0.25) is 0 Å². The van der Waals surface area contributed by atoms with Crippen molar-refractivity contribution in [1.82, 2.24) is 15.5 Å². The first-order valence-corrected chi connectivity index (χ1v) is 4.72. The van der Waals surface area contributed by atoms with Crippen LogP contribution >= 0.6 is 0 Å². The van der Waals surface area contributed by atoms with Crippen LogP contribution in [-0.4, -0.2) is 49.3 Å². The molecule has 0 saturated carbocycles. The molecule has 0 radical (unpaired) electrons. The Morgan fingerprint density at radius 2 is 2.27 bits per heavy atom. The van der Waals surface area contributed by atoms with Crippen LogP contribution in [0.15, 0.2) is 0 Å². The monoisotopic (exact) mass is 225 g/mol. The van der Waals surface area contributed by atoms with Crippen LogP contribution in [0.3, 0.4) is 0 Å². The number of nitrogens with zero attached hydrogens (tertiary/aromatic N) is 1. The molecule has 2 N–H and O–H groups in total. The maximum absolute atomic E-state index is 11.8. The summed E-state index contributed by atoms with van der Waals surface area (Å²) in [5.41, 5.74) is 0. The van der Waals surface area contributed by atoms with Crippen molar-refractivity contribution in [2.24, 2.45) is 0 Å². The minimum atomic E-state index is -4.35. The second-order valence-corrected chi connectivity index (χ2v) is 3.52. The highest BCUT2D eigenvalue weighted by molar-refractivity contribution is 5.74. The number of nitrogens with one attached hydrogen (secondary N) is 2. The van der Waals surface area contributed by atoms with E-state index in [4.69, 9.17) is 0 Å². The molecule has 7 heteroatoms. The lowest BCUT2D eigenvalue weighted by atomic mass is 10.2. The van der Waals surface area contributed by atoms with Gasteiger partial charge in [0.05, 0.1) is 0 Å². The Balaban J connectivity index is 2.39. The molecule has 0 spiro atoms. The van der Waals surface area contributed by atoms with E-state index in [-0.39, 0.29) is 6.04 Å². The third kappa shape index (κ3) is 3.94. The van der Waals surface area contributed by atoms with Gasteiger partial charge in [0.25, 0.3) is 0 Å². The number of urea groups is 1. The van der Waals surface area contributed by atoms with E-state index in [1.165, 1.54) is 4.90 Å². The molecule has 1 heterocycles. The summed E-state index contributed by atoms with van der Waals surface area (Å²) in [7, 11) is 0. The van der Waals surface area contributed by atoms with Crippen LogP contribution in [-0.2, 0) is 0 Å². The average molecular weight is 225 g/mol. The molecule has 2 amide bonds. The summed E-state index contributed by atoms with van der Waals surface area (Å²) in [6, 6.07) is -0.728. The van der Waals surface area contributed by atoms with Crippen LogP contribution in [0, 0.1) is 0 Å². The summed E-state index contributed by atoms with van der Waals surface area (Å²) in [6.07, 6.45) is -4.35. The highest BCUT2D eigenvalue weighted by Gasteiger charge is 2.30. The minimum Gasteiger partial charge on any atom is -0.329 e. The van der Waals surface area contributed by atoms with Gasteiger partial charge in [-0.25, -0.2) is 4.79 Å². The molecular formula is C8H14F3N3O. The lowest BCUT2D eigenvalue weighted by Gasteiger charge is -2.33. The molecule has 88 valence electrons. The van der Waals surface area contributed by atoms with Crippen LogP contribution in [0.2, 0.25) is 0 Å². The minimum absolute atomic E-state index is 0.0769. The van der Waals surface area contributed by atoms with E-state index in [9.17, 15) is 18.0 Å². The molecule has 1 atom stereocenters. The smallest absolute Gasteiger partial charge is 0.329 e. The normalized spacial score (nSPS) is 22.7. The van der Waals surface area contributed by atoms with Crippen LogP contribution < -0.4 is 10.6 Å². The van der Waals surface area contributed by atoms with Gasteiger partial charge in [0, 0.05) is 25.7 Å². The van der Waals surface area contributed by atoms with Crippen molar-refractivity contribution in [2.75, 3.05) is 26.2 Å². The molecule has 0 aromatic heterocycles. The van der Waals surface area contributed by atoms with Crippen LogP contribution in [0.5, 0.6) is 0 Å². The molecule has 0 aliphatic carbocycles. The second kappa shape index (κ2) is 4.69. The number of halogens is 3. The highest BCUT2D eigenvalue weighted by Crippen LogP contribution is 2.12. The predicted molar refractivity (Wildman–Crippen MR) is 48.5 cm³/mol. The Hall–Kier alpha value is -0.980. The van der Waals surface area contributed by atoms with Crippen molar-refractivity contribution in [2.45, 2.75) is 19.1 Å². The number of carbonyl (C=O) groups is 1. The van der Waals surface area contributed by atoms with Crippen LogP contribution in [0.4, 0.5) is 18.0 Å². The van der Waals surface area contributed by atoms with Crippen molar-refractivity contribution in [3.8, 4) is 0 Å². The first kappa shape index (κ1) is 12.1. The maximum Gasteiger partial charge on any atom is 0.405 e. The molecule has 1 rings (SSSR count). The summed E-state index contributed by atoms with van der Waals surface area (Å²) >= 11 is 0. The lowest BCUT2D eigenvalue weighted by Crippen LogP contribution is -2.56. The van der Waals surface area contributed by atoms with E-state index >= 15 is 0 Å². The third-order valence-electron chi connectivity index (χ3n) is 2.20. The number of piperazine rings is 1. The fourth-order valence-corrected chi connectivity index (χ4v) is 1.42. The maximum atomic E-state index is 11.8. The van der Waals surface area contributed by atoms with Gasteiger partial charge in [-0.2, -0.15) is 13.2 Å². The molecule has 1 aliphatic rings. The van der Waals surface area contributed by atoms with Crippen molar-refractivity contribution >= 4 is 6.03 Å². The Morgan fingerprint density at radius 1 is 1.60 bits per heavy atom. The molecule has 1 aliphatic heterocycles. The Morgan fingerprint density at radius 3 is 2.80 bits per heavy atom. The van der Waals surface area contributed by atoms with Gasteiger partial charge >= 0.3 is 12.2 Å². The first-order valence-electron chi connectivity index (χ1n) is 4.72. The van der Waals surface area contributed by atoms with Gasteiger partial charge < -0.3 is 15.5 Å². The van der Waals surface area contributed by atoms with E-state index < -0.39 is 18.8 Å². The number of hydrogen-bond donors (Lipinski definition) is 2. The topological polar surface area (TPSA) is 44.4 Å². The number of hydrogen-bond acceptors (Lipinski definition) is 2. The Kier molecular flexibility index (Phi) is 3.78. The zero-order valence-electron chi connectivity index (χ0n) is 8.40. The van der Waals surface area contributed by atoms with Gasteiger partial charge in [-0.05, 0) is 6.92 Å². The standard InChI is InChI=1S/C8H14F3N3O/c1-6-4-12-2-3-14(6)7(15)13-5-8(9,10)11/h6,12H,2-5H2,1H3,(H,13,15)/t6-/m1/s1. The van der Waals surface area contributed by atoms with E-state index in [0.29, 0.717) is 19.6 Å². The lowest BCUT2D eigenvalue weighted by molar-refractivity contribution is -0.123. The van der Waals surface area contributed by atoms with Gasteiger partial charge in [0.15, 0.2) is 0 Å². The van der Waals surface area contributed by atoms with Crippen LogP contribution in [0.25, 0.3) is 0 Å². The largest absolute Gasteiger partial charge is 0.405 e. The second-order valence-electron chi connectivity index (χ2n) is 3.52. The summed E-state index contributed by atoms with van der Waals surface area (Å²) < 4.78 is 35.5. The quantitative estimate of drug-likeness (QED) is 0.684.